The van der Waals surface area contributed by atoms with Crippen molar-refractivity contribution < 1.29 is 4.79 Å². The van der Waals surface area contributed by atoms with Crippen LogP contribution in [-0.2, 0) is 17.9 Å². The van der Waals surface area contributed by atoms with Crippen LogP contribution in [0.3, 0.4) is 0 Å². The van der Waals surface area contributed by atoms with Gasteiger partial charge in [-0.2, -0.15) is 0 Å². The van der Waals surface area contributed by atoms with Crippen LogP contribution < -0.4 is 5.69 Å². The van der Waals surface area contributed by atoms with E-state index in [9.17, 15) is 9.59 Å². The maximum Gasteiger partial charge on any atom is 0.329 e. The Morgan fingerprint density at radius 1 is 1.12 bits per heavy atom. The molecule has 1 unspecified atom stereocenters. The molecular weight excluding hydrogens is 302 g/mol. The van der Waals surface area contributed by atoms with E-state index in [1.165, 1.54) is 6.42 Å². The van der Waals surface area contributed by atoms with Gasteiger partial charge in [-0.05, 0) is 44.7 Å². The van der Waals surface area contributed by atoms with Crippen LogP contribution in [0.1, 0.15) is 46.0 Å². The molecule has 24 heavy (non-hydrogen) atoms. The third kappa shape index (κ3) is 3.12. The Bertz CT molecular complexity index is 775. The van der Waals surface area contributed by atoms with Crippen LogP contribution in [0.25, 0.3) is 11.0 Å². The average molecular weight is 329 g/mol. The summed E-state index contributed by atoms with van der Waals surface area (Å²) in [6, 6.07) is 8.18. The van der Waals surface area contributed by atoms with Gasteiger partial charge in [0.2, 0.25) is 5.91 Å². The molecule has 0 bridgehead atoms. The lowest BCUT2D eigenvalue weighted by Crippen LogP contribution is -2.42. The second-order valence-corrected chi connectivity index (χ2v) is 6.76. The largest absolute Gasteiger partial charge is 0.340 e. The van der Waals surface area contributed by atoms with Crippen molar-refractivity contribution in [2.75, 3.05) is 6.54 Å². The maximum atomic E-state index is 12.7. The highest BCUT2D eigenvalue weighted by Gasteiger charge is 2.23. The van der Waals surface area contributed by atoms with E-state index < -0.39 is 0 Å². The maximum absolute atomic E-state index is 12.7. The van der Waals surface area contributed by atoms with Crippen LogP contribution >= 0.6 is 0 Å². The first-order valence-electron chi connectivity index (χ1n) is 9.11. The lowest BCUT2D eigenvalue weighted by atomic mass is 10.0. The molecule has 2 heterocycles. The van der Waals surface area contributed by atoms with Gasteiger partial charge < -0.3 is 4.90 Å². The normalized spacial score (nSPS) is 18.2. The SMILES string of the molecule is CCCn1c(=O)n(CCC(=O)N2CCCCC2C)c2ccccc21. The summed E-state index contributed by atoms with van der Waals surface area (Å²) in [6.07, 6.45) is 4.69. The van der Waals surface area contributed by atoms with E-state index in [1.54, 1.807) is 4.57 Å². The van der Waals surface area contributed by atoms with Crippen LogP contribution in [-0.4, -0.2) is 32.5 Å². The number of carbonyl (C=O) groups excluding carboxylic acids is 1. The summed E-state index contributed by atoms with van der Waals surface area (Å²) in [4.78, 5) is 27.3. The van der Waals surface area contributed by atoms with E-state index in [0.29, 0.717) is 25.6 Å². The molecule has 1 fully saturated rings. The number of likely N-dealkylation sites (tertiary alicyclic amines) is 1. The van der Waals surface area contributed by atoms with Gasteiger partial charge in [0.25, 0.3) is 0 Å². The molecule has 0 spiro atoms. The lowest BCUT2D eigenvalue weighted by molar-refractivity contribution is -0.134. The number of para-hydroxylation sites is 2. The number of aryl methyl sites for hydroxylation is 2. The molecule has 130 valence electrons. The summed E-state index contributed by atoms with van der Waals surface area (Å²) in [7, 11) is 0. The van der Waals surface area contributed by atoms with Gasteiger partial charge in [0.1, 0.15) is 0 Å². The molecule has 1 aromatic carbocycles. The minimum atomic E-state index is -0.00228. The fourth-order valence-electron chi connectivity index (χ4n) is 3.75. The topological polar surface area (TPSA) is 47.2 Å². The summed E-state index contributed by atoms with van der Waals surface area (Å²) < 4.78 is 3.58. The van der Waals surface area contributed by atoms with Gasteiger partial charge in [-0.25, -0.2) is 4.79 Å². The third-order valence-corrected chi connectivity index (χ3v) is 5.04. The van der Waals surface area contributed by atoms with E-state index in [-0.39, 0.29) is 11.6 Å². The molecular formula is C19H27N3O2. The zero-order valence-electron chi connectivity index (χ0n) is 14.7. The first kappa shape index (κ1) is 16.8. The summed E-state index contributed by atoms with van der Waals surface area (Å²) in [5.74, 6) is 0.168. The number of imidazole rings is 1. The molecule has 1 aromatic heterocycles. The number of piperidine rings is 1. The van der Waals surface area contributed by atoms with Crippen LogP contribution in [0.4, 0.5) is 0 Å². The molecule has 5 nitrogen and oxygen atoms in total. The van der Waals surface area contributed by atoms with E-state index >= 15 is 0 Å². The Morgan fingerprint density at radius 3 is 2.42 bits per heavy atom. The van der Waals surface area contributed by atoms with Crippen LogP contribution in [0.15, 0.2) is 29.1 Å². The van der Waals surface area contributed by atoms with Gasteiger partial charge in [0.15, 0.2) is 0 Å². The Balaban J connectivity index is 1.81. The van der Waals surface area contributed by atoms with Gasteiger partial charge in [0.05, 0.1) is 11.0 Å². The fourth-order valence-corrected chi connectivity index (χ4v) is 3.75. The first-order chi connectivity index (χ1) is 11.6. The van der Waals surface area contributed by atoms with E-state index in [4.69, 9.17) is 0 Å². The third-order valence-electron chi connectivity index (χ3n) is 5.04. The Labute approximate surface area is 142 Å². The van der Waals surface area contributed by atoms with Gasteiger partial charge >= 0.3 is 5.69 Å². The quantitative estimate of drug-likeness (QED) is 0.846. The fraction of sp³-hybridized carbons (Fsp3) is 0.579. The van der Waals surface area contributed by atoms with Crippen molar-refractivity contribution in [2.45, 2.75) is 65.1 Å². The highest BCUT2D eigenvalue weighted by Crippen LogP contribution is 2.18. The minimum absolute atomic E-state index is 0.00228. The molecule has 0 saturated carbocycles. The molecule has 0 radical (unpaired) electrons. The van der Waals surface area contributed by atoms with Crippen molar-refractivity contribution in [1.29, 1.82) is 0 Å². The van der Waals surface area contributed by atoms with Gasteiger partial charge in [-0.15, -0.1) is 0 Å². The van der Waals surface area contributed by atoms with Crippen molar-refractivity contribution in [3.63, 3.8) is 0 Å². The number of hydrogen-bond acceptors (Lipinski definition) is 2. The van der Waals surface area contributed by atoms with Crippen molar-refractivity contribution in [1.82, 2.24) is 14.0 Å². The molecule has 1 atom stereocenters. The van der Waals surface area contributed by atoms with E-state index in [0.717, 1.165) is 36.8 Å². The lowest BCUT2D eigenvalue weighted by Gasteiger charge is -2.33. The Kier molecular flexibility index (Phi) is 5.07. The van der Waals surface area contributed by atoms with Crippen LogP contribution in [0.5, 0.6) is 0 Å². The van der Waals surface area contributed by atoms with Gasteiger partial charge in [-0.3, -0.25) is 13.9 Å². The number of carbonyl (C=O) groups is 1. The number of nitrogens with zero attached hydrogens (tertiary/aromatic N) is 3. The summed E-state index contributed by atoms with van der Waals surface area (Å²) in [5, 5.41) is 0. The number of hydrogen-bond donors (Lipinski definition) is 0. The Hall–Kier alpha value is -2.04. The predicted molar refractivity (Wildman–Crippen MR) is 96.1 cm³/mol. The average Bonchev–Trinajstić information content (AvgIpc) is 2.86. The van der Waals surface area contributed by atoms with Crippen molar-refractivity contribution >= 4 is 16.9 Å². The number of fused-ring (bicyclic) bond motifs is 1. The number of aromatic nitrogens is 2. The molecule has 0 aliphatic carbocycles. The number of benzene rings is 1. The van der Waals surface area contributed by atoms with Gasteiger partial charge in [-0.1, -0.05) is 19.1 Å². The predicted octanol–water partition coefficient (Wildman–Crippen LogP) is 3.00. The summed E-state index contributed by atoms with van der Waals surface area (Å²) >= 11 is 0. The van der Waals surface area contributed by atoms with Crippen molar-refractivity contribution in [3.8, 4) is 0 Å². The second-order valence-electron chi connectivity index (χ2n) is 6.76. The highest BCUT2D eigenvalue weighted by atomic mass is 16.2. The molecule has 5 heteroatoms. The first-order valence-corrected chi connectivity index (χ1v) is 9.11. The second kappa shape index (κ2) is 7.24. The van der Waals surface area contributed by atoms with Gasteiger partial charge in [0, 0.05) is 32.1 Å². The van der Waals surface area contributed by atoms with E-state index in [2.05, 4.69) is 13.8 Å². The Morgan fingerprint density at radius 2 is 1.79 bits per heavy atom. The highest BCUT2D eigenvalue weighted by molar-refractivity contribution is 5.78. The van der Waals surface area contributed by atoms with Crippen LogP contribution in [0.2, 0.25) is 0 Å². The molecule has 2 aromatic rings. The van der Waals surface area contributed by atoms with E-state index in [1.807, 2.05) is 33.7 Å². The molecule has 3 rings (SSSR count). The molecule has 1 saturated heterocycles. The minimum Gasteiger partial charge on any atom is -0.340 e. The zero-order chi connectivity index (χ0) is 17.1. The van der Waals surface area contributed by atoms with Crippen molar-refractivity contribution in [2.24, 2.45) is 0 Å². The standard InChI is InChI=1S/C19H27N3O2/c1-3-12-21-16-9-4-5-10-17(16)22(19(21)24)14-11-18(23)20-13-7-6-8-15(20)2/h4-5,9-10,15H,3,6-8,11-14H2,1-2H3. The smallest absolute Gasteiger partial charge is 0.329 e. The molecule has 1 amide bonds. The number of rotatable bonds is 5. The molecule has 0 N–H and O–H groups in total. The molecule has 1 aliphatic heterocycles. The number of amides is 1. The molecule has 1 aliphatic rings. The summed E-state index contributed by atoms with van der Waals surface area (Å²) in [5.41, 5.74) is 1.89. The summed E-state index contributed by atoms with van der Waals surface area (Å²) in [6.45, 7) is 6.21. The zero-order valence-corrected chi connectivity index (χ0v) is 14.7. The van der Waals surface area contributed by atoms with Crippen LogP contribution in [0, 0.1) is 0 Å². The monoisotopic (exact) mass is 329 g/mol. The van der Waals surface area contributed by atoms with Crippen molar-refractivity contribution in [3.05, 3.63) is 34.7 Å².